The molecule has 1 fully saturated rings. The number of nitrogens with zero attached hydrogens (tertiary/aromatic N) is 2. The normalized spacial score (nSPS) is 16.1. The second-order valence-electron chi connectivity index (χ2n) is 6.35. The van der Waals surface area contributed by atoms with Gasteiger partial charge in [0.1, 0.15) is 18.8 Å². The number of piperidine rings is 1. The Morgan fingerprint density at radius 3 is 2.77 bits per heavy atom. The van der Waals surface area contributed by atoms with Crippen molar-refractivity contribution in [1.82, 2.24) is 9.29 Å². The minimum Gasteiger partial charge on any atom is -0.487 e. The number of alkyl halides is 2. The number of benzene rings is 1. The number of aromatic nitrogens is 1. The van der Waals surface area contributed by atoms with Crippen LogP contribution in [-0.2, 0) is 0 Å². The monoisotopic (exact) mass is 379 g/mol. The Morgan fingerprint density at radius 1 is 1.38 bits per heavy atom. The van der Waals surface area contributed by atoms with E-state index in [9.17, 15) is 13.6 Å². The van der Waals surface area contributed by atoms with E-state index in [0.717, 1.165) is 37.0 Å². The third-order valence-electron chi connectivity index (χ3n) is 4.57. The summed E-state index contributed by atoms with van der Waals surface area (Å²) in [7, 11) is 0. The van der Waals surface area contributed by atoms with Gasteiger partial charge in [0.25, 0.3) is 6.43 Å². The summed E-state index contributed by atoms with van der Waals surface area (Å²) in [4.78, 5) is 15.0. The molecule has 1 aromatic heterocycles. The van der Waals surface area contributed by atoms with Gasteiger partial charge in [-0.2, -0.15) is 5.26 Å². The van der Waals surface area contributed by atoms with Gasteiger partial charge in [0.2, 0.25) is 0 Å². The first kappa shape index (κ1) is 18.7. The van der Waals surface area contributed by atoms with Crippen LogP contribution in [0.3, 0.4) is 0 Å². The van der Waals surface area contributed by atoms with Crippen LogP contribution in [0.15, 0.2) is 18.2 Å². The van der Waals surface area contributed by atoms with E-state index in [1.54, 1.807) is 12.1 Å². The molecular formula is C18H19F2N3O2S. The van der Waals surface area contributed by atoms with Crippen LogP contribution in [0.5, 0.6) is 5.75 Å². The number of carbonyl (C=O) groups is 1. The number of halogens is 2. The molecule has 138 valence electrons. The van der Waals surface area contributed by atoms with Crippen LogP contribution in [0, 0.1) is 11.3 Å². The lowest BCUT2D eigenvalue weighted by Gasteiger charge is -2.29. The average molecular weight is 379 g/mol. The maximum Gasteiger partial charge on any atom is 0.272 e. The number of aromatic amines is 1. The number of hydrogen-bond donors (Lipinski definition) is 2. The van der Waals surface area contributed by atoms with Crippen molar-refractivity contribution < 1.29 is 18.3 Å². The Bertz CT molecular complexity index is 839. The molecule has 3 rings (SSSR count). The molecule has 26 heavy (non-hydrogen) atoms. The van der Waals surface area contributed by atoms with Crippen molar-refractivity contribution in [3.8, 4) is 11.8 Å². The molecule has 0 unspecified atom stereocenters. The van der Waals surface area contributed by atoms with Crippen molar-refractivity contribution in [3.05, 3.63) is 29.5 Å². The second kappa shape index (κ2) is 8.06. The standard InChI is InChI=1S/C18H19F2N3O2S/c19-18(20)10-25-17-8-12-7-15(16(24)1-4-21)22-14(12)9-13(17)11-2-5-23(26)6-3-11/h7-9,11,18,22,26H,1-3,5-6,10H2. The largest absolute Gasteiger partial charge is 0.487 e. The lowest BCUT2D eigenvalue weighted by atomic mass is 9.89. The molecule has 1 aromatic carbocycles. The van der Waals surface area contributed by atoms with Gasteiger partial charge in [-0.1, -0.05) is 12.8 Å². The highest BCUT2D eigenvalue weighted by molar-refractivity contribution is 7.77. The molecule has 1 saturated heterocycles. The summed E-state index contributed by atoms with van der Waals surface area (Å²) in [5, 5.41) is 9.39. The molecule has 2 aromatic rings. The highest BCUT2D eigenvalue weighted by Crippen LogP contribution is 2.37. The van der Waals surface area contributed by atoms with E-state index in [-0.39, 0.29) is 18.1 Å². The van der Waals surface area contributed by atoms with Gasteiger partial charge in [-0.25, -0.2) is 8.78 Å². The number of Topliss-reactive ketones (excluding diaryl/α,β-unsaturated/α-hetero) is 1. The number of carbonyl (C=O) groups excluding carboxylic acids is 1. The fourth-order valence-corrected chi connectivity index (χ4v) is 3.50. The molecule has 0 amide bonds. The van der Waals surface area contributed by atoms with Crippen molar-refractivity contribution in [3.63, 3.8) is 0 Å². The van der Waals surface area contributed by atoms with E-state index >= 15 is 0 Å². The molecule has 1 aliphatic rings. The first-order valence-electron chi connectivity index (χ1n) is 8.39. The summed E-state index contributed by atoms with van der Waals surface area (Å²) in [5.41, 5.74) is 1.93. The maximum absolute atomic E-state index is 12.6. The zero-order valence-electron chi connectivity index (χ0n) is 14.0. The van der Waals surface area contributed by atoms with Crippen molar-refractivity contribution in [2.24, 2.45) is 0 Å². The average Bonchev–Trinajstić information content (AvgIpc) is 3.03. The van der Waals surface area contributed by atoms with Gasteiger partial charge in [0, 0.05) is 24.0 Å². The van der Waals surface area contributed by atoms with E-state index < -0.39 is 13.0 Å². The Hall–Kier alpha value is -2.11. The number of ether oxygens (including phenoxy) is 1. The molecule has 1 N–H and O–H groups in total. The predicted molar refractivity (Wildman–Crippen MR) is 96.9 cm³/mol. The first-order valence-corrected chi connectivity index (χ1v) is 8.79. The van der Waals surface area contributed by atoms with E-state index in [1.165, 1.54) is 0 Å². The predicted octanol–water partition coefficient (Wildman–Crippen LogP) is 3.93. The molecule has 0 atom stereocenters. The number of nitriles is 1. The summed E-state index contributed by atoms with van der Waals surface area (Å²) in [6.45, 7) is 0.933. The molecule has 5 nitrogen and oxygen atoms in total. The van der Waals surface area contributed by atoms with Crippen LogP contribution in [0.2, 0.25) is 0 Å². The van der Waals surface area contributed by atoms with Crippen LogP contribution in [0.25, 0.3) is 10.9 Å². The highest BCUT2D eigenvalue weighted by Gasteiger charge is 2.24. The summed E-state index contributed by atoms with van der Waals surface area (Å²) in [6, 6.07) is 7.03. The van der Waals surface area contributed by atoms with Crippen molar-refractivity contribution in [2.75, 3.05) is 19.7 Å². The quantitative estimate of drug-likeness (QED) is 0.589. The fourth-order valence-electron chi connectivity index (χ4n) is 3.27. The van der Waals surface area contributed by atoms with Crippen LogP contribution < -0.4 is 4.74 Å². The molecule has 0 bridgehead atoms. The van der Waals surface area contributed by atoms with Gasteiger partial charge in [-0.05, 0) is 42.5 Å². The number of thiol groups is 1. The van der Waals surface area contributed by atoms with Gasteiger partial charge in [-0.3, -0.25) is 9.10 Å². The number of ketones is 1. The zero-order chi connectivity index (χ0) is 18.7. The maximum atomic E-state index is 12.6. The van der Waals surface area contributed by atoms with Crippen molar-refractivity contribution >= 4 is 29.5 Å². The summed E-state index contributed by atoms with van der Waals surface area (Å²) >= 11 is 4.35. The third-order valence-corrected chi connectivity index (χ3v) is 4.97. The fraction of sp³-hybridized carbons (Fsp3) is 0.444. The van der Waals surface area contributed by atoms with Crippen LogP contribution in [0.1, 0.15) is 41.2 Å². The molecule has 0 saturated carbocycles. The van der Waals surface area contributed by atoms with E-state index in [1.807, 2.05) is 16.4 Å². The smallest absolute Gasteiger partial charge is 0.272 e. The number of fused-ring (bicyclic) bond motifs is 1. The Balaban J connectivity index is 1.97. The summed E-state index contributed by atoms with van der Waals surface area (Å²) in [6.07, 6.45) is -1.08. The molecule has 0 spiro atoms. The van der Waals surface area contributed by atoms with E-state index in [0.29, 0.717) is 16.8 Å². The van der Waals surface area contributed by atoms with Gasteiger partial charge in [0.05, 0.1) is 11.8 Å². The van der Waals surface area contributed by atoms with Crippen LogP contribution in [0.4, 0.5) is 8.78 Å². The first-order chi connectivity index (χ1) is 12.5. The minimum atomic E-state index is -2.56. The Morgan fingerprint density at radius 2 is 2.12 bits per heavy atom. The lowest BCUT2D eigenvalue weighted by molar-refractivity contribution is 0.0811. The number of rotatable bonds is 6. The summed E-state index contributed by atoms with van der Waals surface area (Å²) in [5.74, 6) is 0.300. The summed E-state index contributed by atoms with van der Waals surface area (Å²) < 4.78 is 32.6. The van der Waals surface area contributed by atoms with Gasteiger partial charge >= 0.3 is 0 Å². The van der Waals surface area contributed by atoms with E-state index in [4.69, 9.17) is 10.00 Å². The molecular weight excluding hydrogens is 360 g/mol. The zero-order valence-corrected chi connectivity index (χ0v) is 14.9. The van der Waals surface area contributed by atoms with Crippen molar-refractivity contribution in [2.45, 2.75) is 31.6 Å². The van der Waals surface area contributed by atoms with Gasteiger partial charge in [-0.15, -0.1) is 0 Å². The molecule has 8 heteroatoms. The number of hydrogen-bond acceptors (Lipinski definition) is 5. The Labute approximate surface area is 155 Å². The topological polar surface area (TPSA) is 69.1 Å². The van der Waals surface area contributed by atoms with Crippen molar-refractivity contribution in [1.29, 1.82) is 5.26 Å². The molecule has 1 aliphatic heterocycles. The van der Waals surface area contributed by atoms with Gasteiger partial charge in [0.15, 0.2) is 5.78 Å². The second-order valence-corrected chi connectivity index (χ2v) is 6.91. The van der Waals surface area contributed by atoms with E-state index in [2.05, 4.69) is 17.8 Å². The molecule has 2 heterocycles. The number of H-pyrrole nitrogens is 1. The molecule has 0 radical (unpaired) electrons. The molecule has 0 aliphatic carbocycles. The van der Waals surface area contributed by atoms with Crippen LogP contribution in [-0.4, -0.2) is 41.2 Å². The Kier molecular flexibility index (Phi) is 5.79. The van der Waals surface area contributed by atoms with Crippen LogP contribution >= 0.6 is 12.8 Å². The SMILES string of the molecule is N#CCC(=O)c1cc2cc(OCC(F)F)c(C3CCN(S)CC3)cc2[nH]1. The minimum absolute atomic E-state index is 0.178. The highest BCUT2D eigenvalue weighted by atomic mass is 32.1. The lowest BCUT2D eigenvalue weighted by Crippen LogP contribution is -2.25. The van der Waals surface area contributed by atoms with Gasteiger partial charge < -0.3 is 9.72 Å². The third kappa shape index (κ3) is 4.17. The number of nitrogens with one attached hydrogen (secondary N) is 1.